The maximum Gasteiger partial charge on any atom is 0.270 e. The number of carbonyl (C=O) groups excluding carboxylic acids is 3. The number of nitro benzene ring substituents is 1. The van der Waals surface area contributed by atoms with Crippen LogP contribution in [0.25, 0.3) is 0 Å². The standard InChI is InChI=1S/C24H21ClN4O5/c1-15(22(30)26-14-16-7-3-2-4-8-16)27-24(32)19-9-5-6-10-21(19)28-23(31)18-12-11-17(29(33)34)13-20(18)25/h2-13,15H,14H2,1H3,(H,26,30)(H,27,32)(H,28,31). The Kier molecular flexibility index (Phi) is 7.94. The molecular weight excluding hydrogens is 460 g/mol. The van der Waals surface area contributed by atoms with Crippen molar-refractivity contribution in [2.24, 2.45) is 0 Å². The van der Waals surface area contributed by atoms with Gasteiger partial charge in [0.1, 0.15) is 6.04 Å². The van der Waals surface area contributed by atoms with Crippen molar-refractivity contribution < 1.29 is 19.3 Å². The zero-order valence-electron chi connectivity index (χ0n) is 18.1. The second-order valence-electron chi connectivity index (χ2n) is 7.32. The summed E-state index contributed by atoms with van der Waals surface area (Å²) in [7, 11) is 0. The highest BCUT2D eigenvalue weighted by Gasteiger charge is 2.21. The van der Waals surface area contributed by atoms with Crippen molar-refractivity contribution in [2.75, 3.05) is 5.32 Å². The molecule has 0 saturated heterocycles. The van der Waals surface area contributed by atoms with Gasteiger partial charge in [-0.1, -0.05) is 54.1 Å². The molecule has 0 spiro atoms. The minimum absolute atomic E-state index is 0.0103. The Balaban J connectivity index is 1.67. The van der Waals surface area contributed by atoms with Gasteiger partial charge >= 0.3 is 0 Å². The number of amides is 3. The summed E-state index contributed by atoms with van der Waals surface area (Å²) in [6, 6.07) is 18.2. The van der Waals surface area contributed by atoms with Crippen LogP contribution in [0.3, 0.4) is 0 Å². The maximum atomic E-state index is 12.8. The summed E-state index contributed by atoms with van der Waals surface area (Å²) in [4.78, 5) is 48.1. The van der Waals surface area contributed by atoms with Crippen LogP contribution < -0.4 is 16.0 Å². The number of non-ortho nitro benzene ring substituents is 1. The molecule has 3 aromatic rings. The lowest BCUT2D eigenvalue weighted by Crippen LogP contribution is -2.44. The minimum atomic E-state index is -0.830. The molecule has 0 aliphatic carbocycles. The van der Waals surface area contributed by atoms with Crippen molar-refractivity contribution in [3.05, 3.63) is 105 Å². The van der Waals surface area contributed by atoms with Crippen molar-refractivity contribution in [1.29, 1.82) is 0 Å². The number of hydrogen-bond donors (Lipinski definition) is 3. The normalized spacial score (nSPS) is 11.2. The van der Waals surface area contributed by atoms with Gasteiger partial charge in [-0.15, -0.1) is 0 Å². The maximum absolute atomic E-state index is 12.8. The molecule has 1 atom stereocenters. The van der Waals surface area contributed by atoms with Gasteiger partial charge in [0.05, 0.1) is 26.8 Å². The smallest absolute Gasteiger partial charge is 0.270 e. The number of anilines is 1. The van der Waals surface area contributed by atoms with Gasteiger partial charge in [-0.25, -0.2) is 0 Å². The van der Waals surface area contributed by atoms with Crippen molar-refractivity contribution in [2.45, 2.75) is 19.5 Å². The Morgan fingerprint density at radius 1 is 0.941 bits per heavy atom. The molecule has 3 aromatic carbocycles. The summed E-state index contributed by atoms with van der Waals surface area (Å²) < 4.78 is 0. The molecular formula is C24H21ClN4O5. The third kappa shape index (κ3) is 6.17. The molecule has 9 nitrogen and oxygen atoms in total. The Hall–Kier alpha value is -4.24. The zero-order chi connectivity index (χ0) is 24.7. The topological polar surface area (TPSA) is 130 Å². The number of carbonyl (C=O) groups is 3. The van der Waals surface area contributed by atoms with Gasteiger partial charge in [-0.05, 0) is 30.7 Å². The second-order valence-corrected chi connectivity index (χ2v) is 7.73. The Bertz CT molecular complexity index is 1230. The third-order valence-corrected chi connectivity index (χ3v) is 5.19. The van der Waals surface area contributed by atoms with Crippen LogP contribution >= 0.6 is 11.6 Å². The van der Waals surface area contributed by atoms with Crippen LogP contribution in [0, 0.1) is 10.1 Å². The van der Waals surface area contributed by atoms with E-state index in [-0.39, 0.29) is 33.4 Å². The molecule has 34 heavy (non-hydrogen) atoms. The number of para-hydroxylation sites is 1. The molecule has 0 aromatic heterocycles. The number of nitrogens with one attached hydrogen (secondary N) is 3. The van der Waals surface area contributed by atoms with Gasteiger partial charge in [0.2, 0.25) is 5.91 Å². The third-order valence-electron chi connectivity index (χ3n) is 4.88. The molecule has 10 heteroatoms. The molecule has 174 valence electrons. The van der Waals surface area contributed by atoms with Crippen LogP contribution in [-0.2, 0) is 11.3 Å². The van der Waals surface area contributed by atoms with Gasteiger partial charge < -0.3 is 16.0 Å². The van der Waals surface area contributed by atoms with Crippen LogP contribution in [0.4, 0.5) is 11.4 Å². The van der Waals surface area contributed by atoms with Gasteiger partial charge in [0, 0.05) is 18.7 Å². The number of halogens is 1. The molecule has 0 bridgehead atoms. The lowest BCUT2D eigenvalue weighted by Gasteiger charge is -2.16. The highest BCUT2D eigenvalue weighted by Crippen LogP contribution is 2.24. The van der Waals surface area contributed by atoms with E-state index in [0.717, 1.165) is 17.7 Å². The fourth-order valence-corrected chi connectivity index (χ4v) is 3.32. The molecule has 0 aliphatic rings. The molecule has 3 N–H and O–H groups in total. The van der Waals surface area contributed by atoms with E-state index in [1.807, 2.05) is 30.3 Å². The summed E-state index contributed by atoms with van der Waals surface area (Å²) in [6.07, 6.45) is 0. The zero-order valence-corrected chi connectivity index (χ0v) is 18.8. The molecule has 0 aliphatic heterocycles. The lowest BCUT2D eigenvalue weighted by molar-refractivity contribution is -0.384. The summed E-state index contributed by atoms with van der Waals surface area (Å²) in [5, 5.41) is 18.7. The van der Waals surface area contributed by atoms with Gasteiger partial charge in [-0.3, -0.25) is 24.5 Å². The quantitative estimate of drug-likeness (QED) is 0.332. The number of rotatable bonds is 8. The van der Waals surface area contributed by atoms with Gasteiger partial charge in [-0.2, -0.15) is 0 Å². The molecule has 3 amide bonds. The monoisotopic (exact) mass is 480 g/mol. The average Bonchev–Trinajstić information content (AvgIpc) is 2.83. The first-order valence-corrected chi connectivity index (χ1v) is 10.6. The molecule has 0 radical (unpaired) electrons. The number of nitro groups is 1. The van der Waals surface area contributed by atoms with Gasteiger partial charge in [0.15, 0.2) is 0 Å². The van der Waals surface area contributed by atoms with E-state index in [1.165, 1.54) is 18.2 Å². The van der Waals surface area contributed by atoms with E-state index in [0.29, 0.717) is 6.54 Å². The van der Waals surface area contributed by atoms with Crippen LogP contribution in [-0.4, -0.2) is 28.7 Å². The molecule has 0 fully saturated rings. The molecule has 0 saturated carbocycles. The fourth-order valence-electron chi connectivity index (χ4n) is 3.06. The largest absolute Gasteiger partial charge is 0.350 e. The summed E-state index contributed by atoms with van der Waals surface area (Å²) >= 11 is 6.03. The van der Waals surface area contributed by atoms with E-state index < -0.39 is 22.8 Å². The van der Waals surface area contributed by atoms with E-state index in [4.69, 9.17) is 11.6 Å². The van der Waals surface area contributed by atoms with Crippen LogP contribution in [0.5, 0.6) is 0 Å². The van der Waals surface area contributed by atoms with Crippen molar-refractivity contribution in [3.8, 4) is 0 Å². The predicted octanol–water partition coefficient (Wildman–Crippen LogP) is 3.94. The highest BCUT2D eigenvalue weighted by atomic mass is 35.5. The van der Waals surface area contributed by atoms with E-state index in [9.17, 15) is 24.5 Å². The summed E-state index contributed by atoms with van der Waals surface area (Å²) in [5.74, 6) is -1.57. The van der Waals surface area contributed by atoms with E-state index >= 15 is 0 Å². The van der Waals surface area contributed by atoms with Crippen LogP contribution in [0.15, 0.2) is 72.8 Å². The fraction of sp³-hybridized carbons (Fsp3) is 0.125. The van der Waals surface area contributed by atoms with Crippen molar-refractivity contribution in [1.82, 2.24) is 10.6 Å². The lowest BCUT2D eigenvalue weighted by atomic mass is 10.1. The number of nitrogens with zero attached hydrogens (tertiary/aromatic N) is 1. The molecule has 1 unspecified atom stereocenters. The second kappa shape index (κ2) is 11.1. The predicted molar refractivity (Wildman–Crippen MR) is 128 cm³/mol. The summed E-state index contributed by atoms with van der Waals surface area (Å²) in [6.45, 7) is 1.87. The highest BCUT2D eigenvalue weighted by molar-refractivity contribution is 6.34. The van der Waals surface area contributed by atoms with E-state index in [2.05, 4.69) is 16.0 Å². The summed E-state index contributed by atoms with van der Waals surface area (Å²) in [5.41, 5.74) is 1.01. The number of hydrogen-bond acceptors (Lipinski definition) is 5. The molecule has 0 heterocycles. The number of benzene rings is 3. The SMILES string of the molecule is CC(NC(=O)c1ccccc1NC(=O)c1ccc([N+](=O)[O-])cc1Cl)C(=O)NCc1ccccc1. The molecule has 3 rings (SSSR count). The van der Waals surface area contributed by atoms with Gasteiger partial charge in [0.25, 0.3) is 17.5 Å². The minimum Gasteiger partial charge on any atom is -0.350 e. The Morgan fingerprint density at radius 3 is 2.29 bits per heavy atom. The Morgan fingerprint density at radius 2 is 1.62 bits per heavy atom. The first kappa shape index (κ1) is 24.4. The first-order chi connectivity index (χ1) is 16.3. The first-order valence-electron chi connectivity index (χ1n) is 10.2. The van der Waals surface area contributed by atoms with Crippen LogP contribution in [0.1, 0.15) is 33.2 Å². The van der Waals surface area contributed by atoms with E-state index in [1.54, 1.807) is 19.1 Å². The van der Waals surface area contributed by atoms with Crippen molar-refractivity contribution >= 4 is 40.7 Å². The Labute approximate surface area is 200 Å². The van der Waals surface area contributed by atoms with Crippen LogP contribution in [0.2, 0.25) is 5.02 Å². The van der Waals surface area contributed by atoms with Crippen molar-refractivity contribution in [3.63, 3.8) is 0 Å². The average molecular weight is 481 g/mol.